The Morgan fingerprint density at radius 3 is 2.54 bits per heavy atom. The van der Waals surface area contributed by atoms with E-state index in [0.29, 0.717) is 16.4 Å². The first kappa shape index (κ1) is 18.1. The molecule has 142 valence electrons. The van der Waals surface area contributed by atoms with E-state index in [1.165, 1.54) is 5.01 Å². The number of hydrogen-bond donors (Lipinski definition) is 1. The summed E-state index contributed by atoms with van der Waals surface area (Å²) in [5.74, 6) is -1.31. The summed E-state index contributed by atoms with van der Waals surface area (Å²) in [5, 5.41) is 12.1. The summed E-state index contributed by atoms with van der Waals surface area (Å²) in [6, 6.07) is 12.0. The SMILES string of the molecule is Cc1ccc(N2C(=O)C3N=NN(CC(=O)Nc4ccccc4Cl)C3C2=O)cc1. The maximum Gasteiger partial charge on any atom is 0.263 e. The molecule has 0 aliphatic carbocycles. The fraction of sp³-hybridized carbons (Fsp3) is 0.211. The van der Waals surface area contributed by atoms with Crippen LogP contribution in [-0.4, -0.2) is 41.4 Å². The molecule has 4 rings (SSSR count). The zero-order valence-electron chi connectivity index (χ0n) is 14.9. The van der Waals surface area contributed by atoms with Gasteiger partial charge in [-0.15, -0.1) is 0 Å². The molecule has 0 spiro atoms. The van der Waals surface area contributed by atoms with Crippen LogP contribution in [0, 0.1) is 6.92 Å². The number of benzene rings is 2. The lowest BCUT2D eigenvalue weighted by molar-refractivity contribution is -0.123. The van der Waals surface area contributed by atoms with Crippen molar-refractivity contribution in [3.63, 3.8) is 0 Å². The number of nitrogens with zero attached hydrogens (tertiary/aromatic N) is 4. The van der Waals surface area contributed by atoms with Crippen LogP contribution in [0.3, 0.4) is 0 Å². The molecule has 9 heteroatoms. The minimum absolute atomic E-state index is 0.226. The normalized spacial score (nSPS) is 20.6. The van der Waals surface area contributed by atoms with Gasteiger partial charge in [0.2, 0.25) is 5.91 Å². The highest BCUT2D eigenvalue weighted by atomic mass is 35.5. The number of carbonyl (C=O) groups excluding carboxylic acids is 3. The number of carbonyl (C=O) groups is 3. The van der Waals surface area contributed by atoms with E-state index in [2.05, 4.69) is 15.7 Å². The first-order valence-electron chi connectivity index (χ1n) is 8.62. The second-order valence-corrected chi connectivity index (χ2v) is 6.97. The van der Waals surface area contributed by atoms with E-state index in [4.69, 9.17) is 11.6 Å². The summed E-state index contributed by atoms with van der Waals surface area (Å²) in [4.78, 5) is 39.0. The van der Waals surface area contributed by atoms with Gasteiger partial charge in [0.15, 0.2) is 12.1 Å². The van der Waals surface area contributed by atoms with Crippen LogP contribution in [0.25, 0.3) is 0 Å². The van der Waals surface area contributed by atoms with E-state index in [0.717, 1.165) is 10.5 Å². The number of aryl methyl sites for hydroxylation is 1. The van der Waals surface area contributed by atoms with Crippen molar-refractivity contribution >= 4 is 40.7 Å². The molecule has 2 atom stereocenters. The lowest BCUT2D eigenvalue weighted by atomic mass is 10.1. The van der Waals surface area contributed by atoms with Crippen molar-refractivity contribution in [3.05, 3.63) is 59.1 Å². The zero-order valence-corrected chi connectivity index (χ0v) is 15.6. The van der Waals surface area contributed by atoms with Gasteiger partial charge in [-0.1, -0.05) is 46.7 Å². The van der Waals surface area contributed by atoms with Crippen LogP contribution in [0.4, 0.5) is 11.4 Å². The number of halogens is 1. The Hall–Kier alpha value is -3.26. The number of anilines is 2. The zero-order chi connectivity index (χ0) is 19.8. The third-order valence-corrected chi connectivity index (χ3v) is 4.93. The molecule has 2 heterocycles. The van der Waals surface area contributed by atoms with Crippen molar-refractivity contribution in [2.24, 2.45) is 10.3 Å². The summed E-state index contributed by atoms with van der Waals surface area (Å²) < 4.78 is 0. The van der Waals surface area contributed by atoms with Crippen molar-refractivity contribution in [3.8, 4) is 0 Å². The van der Waals surface area contributed by atoms with Crippen molar-refractivity contribution < 1.29 is 14.4 Å². The summed E-state index contributed by atoms with van der Waals surface area (Å²) in [6.07, 6.45) is 0. The van der Waals surface area contributed by atoms with Gasteiger partial charge >= 0.3 is 0 Å². The van der Waals surface area contributed by atoms with Crippen LogP contribution in [0.1, 0.15) is 5.56 Å². The number of nitrogens with one attached hydrogen (secondary N) is 1. The van der Waals surface area contributed by atoms with Crippen LogP contribution in [0.5, 0.6) is 0 Å². The quantitative estimate of drug-likeness (QED) is 0.802. The number of imide groups is 1. The second-order valence-electron chi connectivity index (χ2n) is 6.57. The molecule has 1 N–H and O–H groups in total. The maximum absolute atomic E-state index is 12.9. The van der Waals surface area contributed by atoms with Gasteiger partial charge in [0.25, 0.3) is 11.8 Å². The summed E-state index contributed by atoms with van der Waals surface area (Å²) in [5.41, 5.74) is 1.95. The smallest absolute Gasteiger partial charge is 0.263 e. The molecule has 0 radical (unpaired) electrons. The average molecular weight is 398 g/mol. The minimum Gasteiger partial charge on any atom is -0.323 e. The highest BCUT2D eigenvalue weighted by Gasteiger charge is 2.55. The predicted molar refractivity (Wildman–Crippen MR) is 103 cm³/mol. The Morgan fingerprint density at radius 2 is 1.82 bits per heavy atom. The van der Waals surface area contributed by atoms with E-state index in [1.54, 1.807) is 36.4 Å². The number of para-hydroxylation sites is 1. The Kier molecular flexibility index (Phi) is 4.56. The minimum atomic E-state index is -0.943. The Morgan fingerprint density at radius 1 is 1.11 bits per heavy atom. The molecule has 2 aliphatic heterocycles. The largest absolute Gasteiger partial charge is 0.323 e. The van der Waals surface area contributed by atoms with E-state index in [-0.39, 0.29) is 6.54 Å². The molecule has 1 fully saturated rings. The molecule has 3 amide bonds. The Bertz CT molecular complexity index is 991. The van der Waals surface area contributed by atoms with Gasteiger partial charge in [0.05, 0.1) is 16.4 Å². The molecule has 2 aromatic rings. The van der Waals surface area contributed by atoms with Crippen LogP contribution in [-0.2, 0) is 14.4 Å². The number of rotatable bonds is 4. The maximum atomic E-state index is 12.9. The predicted octanol–water partition coefficient (Wildman–Crippen LogP) is 2.58. The fourth-order valence-electron chi connectivity index (χ4n) is 3.20. The lowest BCUT2D eigenvalue weighted by Gasteiger charge is -2.20. The molecule has 0 bridgehead atoms. The van der Waals surface area contributed by atoms with Crippen LogP contribution in [0.2, 0.25) is 5.02 Å². The van der Waals surface area contributed by atoms with Gasteiger partial charge in [-0.25, -0.2) is 4.90 Å². The van der Waals surface area contributed by atoms with E-state index in [9.17, 15) is 14.4 Å². The lowest BCUT2D eigenvalue weighted by Crippen LogP contribution is -2.43. The molecule has 28 heavy (non-hydrogen) atoms. The molecule has 2 unspecified atom stereocenters. The van der Waals surface area contributed by atoms with Crippen molar-refractivity contribution in [1.82, 2.24) is 5.01 Å². The second kappa shape index (κ2) is 7.05. The van der Waals surface area contributed by atoms with Crippen molar-refractivity contribution in [2.45, 2.75) is 19.0 Å². The van der Waals surface area contributed by atoms with Gasteiger partial charge in [-0.3, -0.25) is 19.4 Å². The molecule has 8 nitrogen and oxygen atoms in total. The summed E-state index contributed by atoms with van der Waals surface area (Å²) in [7, 11) is 0. The molecule has 1 saturated heterocycles. The summed E-state index contributed by atoms with van der Waals surface area (Å²) >= 11 is 6.04. The monoisotopic (exact) mass is 397 g/mol. The number of amides is 3. The molecule has 0 aromatic heterocycles. The third-order valence-electron chi connectivity index (χ3n) is 4.60. The van der Waals surface area contributed by atoms with Crippen LogP contribution >= 0.6 is 11.6 Å². The number of fused-ring (bicyclic) bond motifs is 1. The molecular weight excluding hydrogens is 382 g/mol. The molecular formula is C19H16ClN5O3. The molecule has 0 saturated carbocycles. The van der Waals surface area contributed by atoms with Gasteiger partial charge in [-0.05, 0) is 31.2 Å². The third kappa shape index (κ3) is 3.11. The van der Waals surface area contributed by atoms with Crippen molar-refractivity contribution in [2.75, 3.05) is 16.8 Å². The molecule has 2 aliphatic rings. The van der Waals surface area contributed by atoms with Crippen molar-refractivity contribution in [1.29, 1.82) is 0 Å². The standard InChI is InChI=1S/C19H16ClN5O3/c1-11-6-8-12(9-7-11)25-18(27)16-17(19(25)28)24(23-22-16)10-15(26)21-14-5-3-2-4-13(14)20/h2-9,16-17H,10H2,1H3,(H,21,26). The first-order valence-corrected chi connectivity index (χ1v) is 9.00. The summed E-state index contributed by atoms with van der Waals surface area (Å²) in [6.45, 7) is 1.69. The van der Waals surface area contributed by atoms with Gasteiger partial charge in [0.1, 0.15) is 6.54 Å². The number of hydrogen-bond acceptors (Lipinski definition) is 6. The van der Waals surface area contributed by atoms with Gasteiger partial charge in [-0.2, -0.15) is 5.11 Å². The van der Waals surface area contributed by atoms with E-state index in [1.807, 2.05) is 19.1 Å². The highest BCUT2D eigenvalue weighted by molar-refractivity contribution is 6.33. The Balaban J connectivity index is 1.49. The first-order chi connectivity index (χ1) is 13.5. The Labute approximate surface area is 165 Å². The van der Waals surface area contributed by atoms with Gasteiger partial charge in [0, 0.05) is 0 Å². The highest BCUT2D eigenvalue weighted by Crippen LogP contribution is 2.32. The topological polar surface area (TPSA) is 94.4 Å². The van der Waals surface area contributed by atoms with E-state index < -0.39 is 29.8 Å². The van der Waals surface area contributed by atoms with Gasteiger partial charge < -0.3 is 5.32 Å². The van der Waals surface area contributed by atoms with Crippen LogP contribution < -0.4 is 10.2 Å². The van der Waals surface area contributed by atoms with Crippen LogP contribution in [0.15, 0.2) is 58.9 Å². The fourth-order valence-corrected chi connectivity index (χ4v) is 3.38. The average Bonchev–Trinajstić information content (AvgIpc) is 3.18. The molecule has 2 aromatic carbocycles. The van der Waals surface area contributed by atoms with E-state index >= 15 is 0 Å².